The molecule has 1 saturated heterocycles. The summed E-state index contributed by atoms with van der Waals surface area (Å²) in [5.41, 5.74) is 1.88. The van der Waals surface area contributed by atoms with Gasteiger partial charge in [0.25, 0.3) is 5.91 Å². The van der Waals surface area contributed by atoms with E-state index in [9.17, 15) is 27.9 Å². The zero-order valence-corrected chi connectivity index (χ0v) is 17.6. The Balaban J connectivity index is 1.46. The van der Waals surface area contributed by atoms with E-state index in [4.69, 9.17) is 9.47 Å². The van der Waals surface area contributed by atoms with Crippen LogP contribution in [0, 0.1) is 0 Å². The van der Waals surface area contributed by atoms with Gasteiger partial charge in [0.05, 0.1) is 5.69 Å². The van der Waals surface area contributed by atoms with E-state index in [1.165, 1.54) is 29.2 Å². The van der Waals surface area contributed by atoms with Crippen molar-refractivity contribution in [2.45, 2.75) is 37.8 Å². The average molecular weight is 464 g/mol. The van der Waals surface area contributed by atoms with E-state index >= 15 is 0 Å². The van der Waals surface area contributed by atoms with Crippen LogP contribution in [0.1, 0.15) is 30.1 Å². The average Bonchev–Trinajstić information content (AvgIpc) is 2.79. The SMILES string of the molecule is O=C(C(OCC(F)(F)F)c1ccc(O)cc1)N1CCC(N2C(=O)OCc3ccccc32)CC1. The number of anilines is 1. The summed E-state index contributed by atoms with van der Waals surface area (Å²) in [6.45, 7) is -0.871. The van der Waals surface area contributed by atoms with E-state index in [2.05, 4.69) is 0 Å². The molecule has 1 unspecified atom stereocenters. The topological polar surface area (TPSA) is 79.3 Å². The summed E-state index contributed by atoms with van der Waals surface area (Å²) in [4.78, 5) is 28.6. The van der Waals surface area contributed by atoms with Gasteiger partial charge in [0.2, 0.25) is 0 Å². The molecule has 2 amide bonds. The van der Waals surface area contributed by atoms with E-state index in [1.807, 2.05) is 24.3 Å². The van der Waals surface area contributed by atoms with Crippen LogP contribution in [0.25, 0.3) is 0 Å². The molecule has 0 aliphatic carbocycles. The van der Waals surface area contributed by atoms with Gasteiger partial charge in [-0.2, -0.15) is 13.2 Å². The molecule has 1 atom stereocenters. The molecule has 2 aromatic rings. The van der Waals surface area contributed by atoms with Gasteiger partial charge in [-0.15, -0.1) is 0 Å². The molecule has 1 fully saturated rings. The molecular formula is C23H23F3N2O5. The number of nitrogens with zero attached hydrogens (tertiary/aromatic N) is 2. The van der Waals surface area contributed by atoms with Gasteiger partial charge >= 0.3 is 12.3 Å². The first kappa shape index (κ1) is 22.9. The smallest absolute Gasteiger partial charge is 0.414 e. The second kappa shape index (κ2) is 9.30. The molecule has 2 heterocycles. The van der Waals surface area contributed by atoms with Crippen LogP contribution in [0.2, 0.25) is 0 Å². The summed E-state index contributed by atoms with van der Waals surface area (Å²) in [5, 5.41) is 9.47. The molecule has 0 bridgehead atoms. The molecule has 33 heavy (non-hydrogen) atoms. The molecule has 4 rings (SSSR count). The van der Waals surface area contributed by atoms with Crippen molar-refractivity contribution in [2.24, 2.45) is 0 Å². The normalized spacial score (nSPS) is 18.0. The third-order valence-corrected chi connectivity index (χ3v) is 5.77. The Morgan fingerprint density at radius 1 is 1.12 bits per heavy atom. The summed E-state index contributed by atoms with van der Waals surface area (Å²) in [6.07, 6.45) is -5.61. The van der Waals surface area contributed by atoms with Gasteiger partial charge in [-0.1, -0.05) is 30.3 Å². The Morgan fingerprint density at radius 3 is 2.45 bits per heavy atom. The van der Waals surface area contributed by atoms with Crippen molar-refractivity contribution >= 4 is 17.7 Å². The van der Waals surface area contributed by atoms with Crippen LogP contribution in [-0.4, -0.2) is 53.9 Å². The Kier molecular flexibility index (Phi) is 6.46. The summed E-state index contributed by atoms with van der Waals surface area (Å²) < 4.78 is 48.6. The molecule has 2 aliphatic rings. The number of ether oxygens (including phenoxy) is 2. The lowest BCUT2D eigenvalue weighted by molar-refractivity contribution is -0.191. The van der Waals surface area contributed by atoms with Crippen LogP contribution < -0.4 is 4.90 Å². The van der Waals surface area contributed by atoms with Crippen LogP contribution in [0.15, 0.2) is 48.5 Å². The maximum Gasteiger partial charge on any atom is 0.414 e. The number of carbonyl (C=O) groups is 2. The summed E-state index contributed by atoms with van der Waals surface area (Å²) in [7, 11) is 0. The third kappa shape index (κ3) is 5.22. The van der Waals surface area contributed by atoms with Gasteiger partial charge in [0.1, 0.15) is 19.0 Å². The molecule has 0 saturated carbocycles. The lowest BCUT2D eigenvalue weighted by Crippen LogP contribution is -2.51. The standard InChI is InChI=1S/C23H23F3N2O5/c24-23(25,26)14-33-20(15-5-7-18(29)8-6-15)21(30)27-11-9-17(10-12-27)28-19-4-2-1-3-16(19)13-32-22(28)31/h1-8,17,20,29H,9-14H2. The number of halogens is 3. The molecule has 2 aromatic carbocycles. The summed E-state index contributed by atoms with van der Waals surface area (Å²) >= 11 is 0. The van der Waals surface area contributed by atoms with Crippen molar-refractivity contribution in [3.63, 3.8) is 0 Å². The monoisotopic (exact) mass is 464 g/mol. The quantitative estimate of drug-likeness (QED) is 0.719. The summed E-state index contributed by atoms with van der Waals surface area (Å²) in [5.74, 6) is -0.666. The fourth-order valence-corrected chi connectivity index (χ4v) is 4.17. The number of likely N-dealkylation sites (tertiary alicyclic amines) is 1. The first-order chi connectivity index (χ1) is 15.7. The predicted molar refractivity (Wildman–Crippen MR) is 112 cm³/mol. The molecule has 176 valence electrons. The first-order valence-corrected chi connectivity index (χ1v) is 10.5. The highest BCUT2D eigenvalue weighted by molar-refractivity contribution is 5.91. The van der Waals surface area contributed by atoms with Crippen molar-refractivity contribution in [1.29, 1.82) is 0 Å². The maximum absolute atomic E-state index is 13.1. The molecule has 2 aliphatic heterocycles. The number of fused-ring (bicyclic) bond motifs is 1. The number of phenols is 1. The van der Waals surface area contributed by atoms with Gasteiger partial charge in [0.15, 0.2) is 6.10 Å². The van der Waals surface area contributed by atoms with Gasteiger partial charge in [0, 0.05) is 24.7 Å². The van der Waals surface area contributed by atoms with E-state index in [-0.39, 0.29) is 37.1 Å². The van der Waals surface area contributed by atoms with Crippen LogP contribution in [0.4, 0.5) is 23.7 Å². The Bertz CT molecular complexity index is 1000. The third-order valence-electron chi connectivity index (χ3n) is 5.77. The van der Waals surface area contributed by atoms with Crippen molar-refractivity contribution in [1.82, 2.24) is 4.90 Å². The van der Waals surface area contributed by atoms with E-state index in [0.717, 1.165) is 11.3 Å². The highest BCUT2D eigenvalue weighted by atomic mass is 19.4. The maximum atomic E-state index is 13.1. The Morgan fingerprint density at radius 2 is 1.79 bits per heavy atom. The largest absolute Gasteiger partial charge is 0.508 e. The summed E-state index contributed by atoms with van der Waals surface area (Å²) in [6, 6.07) is 12.5. The van der Waals surface area contributed by atoms with Crippen LogP contribution >= 0.6 is 0 Å². The van der Waals surface area contributed by atoms with Gasteiger partial charge in [-0.25, -0.2) is 4.79 Å². The lowest BCUT2D eigenvalue weighted by Gasteiger charge is -2.40. The molecule has 0 spiro atoms. The minimum Gasteiger partial charge on any atom is -0.508 e. The van der Waals surface area contributed by atoms with Gasteiger partial charge < -0.3 is 19.5 Å². The predicted octanol–water partition coefficient (Wildman–Crippen LogP) is 4.16. The number of hydrogen-bond donors (Lipinski definition) is 1. The minimum absolute atomic E-state index is 0.0738. The zero-order valence-electron chi connectivity index (χ0n) is 17.6. The molecule has 7 nitrogen and oxygen atoms in total. The fraction of sp³-hybridized carbons (Fsp3) is 0.391. The highest BCUT2D eigenvalue weighted by Gasteiger charge is 2.38. The number of carbonyl (C=O) groups excluding carboxylic acids is 2. The van der Waals surface area contributed by atoms with Crippen molar-refractivity contribution in [3.05, 3.63) is 59.7 Å². The number of rotatable bonds is 5. The lowest BCUT2D eigenvalue weighted by atomic mass is 9.99. The highest BCUT2D eigenvalue weighted by Crippen LogP contribution is 2.33. The second-order valence-corrected chi connectivity index (χ2v) is 8.01. The number of piperidine rings is 1. The Labute approximate surface area is 188 Å². The van der Waals surface area contributed by atoms with Crippen LogP contribution in [-0.2, 0) is 20.9 Å². The number of phenolic OH excluding ortho intramolecular Hbond substituents is 1. The number of amides is 2. The van der Waals surface area contributed by atoms with Crippen LogP contribution in [0.3, 0.4) is 0 Å². The number of alkyl halides is 3. The number of benzene rings is 2. The molecular weight excluding hydrogens is 441 g/mol. The molecule has 0 radical (unpaired) electrons. The minimum atomic E-state index is -4.59. The fourth-order valence-electron chi connectivity index (χ4n) is 4.17. The number of para-hydroxylation sites is 1. The number of hydrogen-bond acceptors (Lipinski definition) is 5. The van der Waals surface area contributed by atoms with Crippen molar-refractivity contribution < 1.29 is 37.3 Å². The molecule has 10 heteroatoms. The van der Waals surface area contributed by atoms with Crippen LogP contribution in [0.5, 0.6) is 5.75 Å². The van der Waals surface area contributed by atoms with E-state index in [0.29, 0.717) is 12.8 Å². The van der Waals surface area contributed by atoms with Crippen molar-refractivity contribution in [2.75, 3.05) is 24.6 Å². The second-order valence-electron chi connectivity index (χ2n) is 8.01. The molecule has 0 aromatic heterocycles. The zero-order chi connectivity index (χ0) is 23.6. The number of cyclic esters (lactones) is 1. The van der Waals surface area contributed by atoms with Crippen molar-refractivity contribution in [3.8, 4) is 5.75 Å². The number of aromatic hydroxyl groups is 1. The van der Waals surface area contributed by atoms with Gasteiger partial charge in [-0.3, -0.25) is 9.69 Å². The van der Waals surface area contributed by atoms with Gasteiger partial charge in [-0.05, 0) is 36.6 Å². The Hall–Kier alpha value is -3.27. The first-order valence-electron chi connectivity index (χ1n) is 10.5. The van der Waals surface area contributed by atoms with E-state index in [1.54, 1.807) is 4.90 Å². The van der Waals surface area contributed by atoms with E-state index < -0.39 is 30.9 Å². The molecule has 1 N–H and O–H groups in total.